The maximum atomic E-state index is 12.3. The molecule has 1 N–H and O–H groups in total. The number of nitrogens with one attached hydrogen (secondary N) is 1. The van der Waals surface area contributed by atoms with Crippen LogP contribution in [0.5, 0.6) is 0 Å². The van der Waals surface area contributed by atoms with Gasteiger partial charge >= 0.3 is 0 Å². The molecule has 1 fully saturated rings. The molecule has 5 nitrogen and oxygen atoms in total. The molecule has 0 aliphatic carbocycles. The van der Waals surface area contributed by atoms with Gasteiger partial charge in [-0.05, 0) is 32.2 Å². The van der Waals surface area contributed by atoms with Crippen molar-refractivity contribution in [2.24, 2.45) is 0 Å². The zero-order chi connectivity index (χ0) is 17.3. The van der Waals surface area contributed by atoms with Crippen molar-refractivity contribution < 1.29 is 9.53 Å². The molecular weight excluding hydrogens is 369 g/mol. The monoisotopic (exact) mass is 385 g/mol. The van der Waals surface area contributed by atoms with Crippen molar-refractivity contribution in [1.29, 1.82) is 0 Å². The average molecular weight is 386 g/mol. The maximum absolute atomic E-state index is 12.3. The van der Waals surface area contributed by atoms with E-state index in [2.05, 4.69) is 15.2 Å². The number of aromatic nitrogens is 1. The standard InChI is InChI=1S/C16H17Cl2N3O2S/c1-9-14(11-4-3-10(17)7-12(11)18)19-16(24-9)20-15(22)13-8-21(2)5-6-23-13/h3-4,7,13H,5-6,8H2,1-2H3,(H,19,20,22). The number of halogens is 2. The summed E-state index contributed by atoms with van der Waals surface area (Å²) in [5, 5.41) is 4.49. The van der Waals surface area contributed by atoms with Gasteiger partial charge in [-0.1, -0.05) is 23.2 Å². The van der Waals surface area contributed by atoms with Crippen molar-refractivity contribution >= 4 is 45.6 Å². The van der Waals surface area contributed by atoms with E-state index >= 15 is 0 Å². The van der Waals surface area contributed by atoms with Crippen LogP contribution in [0.3, 0.4) is 0 Å². The molecule has 0 bridgehead atoms. The summed E-state index contributed by atoms with van der Waals surface area (Å²) in [6, 6.07) is 5.28. The highest BCUT2D eigenvalue weighted by Gasteiger charge is 2.26. The summed E-state index contributed by atoms with van der Waals surface area (Å²) in [6.45, 7) is 3.90. The maximum Gasteiger partial charge on any atom is 0.256 e. The summed E-state index contributed by atoms with van der Waals surface area (Å²) in [7, 11) is 1.97. The minimum Gasteiger partial charge on any atom is -0.366 e. The number of rotatable bonds is 3. The Labute approximate surface area is 154 Å². The van der Waals surface area contributed by atoms with Crippen LogP contribution < -0.4 is 5.32 Å². The summed E-state index contributed by atoms with van der Waals surface area (Å²) in [4.78, 5) is 19.9. The first kappa shape index (κ1) is 17.6. The molecule has 0 spiro atoms. The van der Waals surface area contributed by atoms with E-state index in [1.165, 1.54) is 11.3 Å². The van der Waals surface area contributed by atoms with Gasteiger partial charge in [0, 0.05) is 28.6 Å². The zero-order valence-electron chi connectivity index (χ0n) is 13.3. The third kappa shape index (κ3) is 3.90. The molecular formula is C16H17Cl2N3O2S. The summed E-state index contributed by atoms with van der Waals surface area (Å²) >= 11 is 13.6. The Hall–Kier alpha value is -1.18. The van der Waals surface area contributed by atoms with Gasteiger partial charge in [0.05, 0.1) is 17.3 Å². The van der Waals surface area contributed by atoms with Crippen molar-refractivity contribution in [3.8, 4) is 11.3 Å². The number of aryl methyl sites for hydroxylation is 1. The summed E-state index contributed by atoms with van der Waals surface area (Å²) < 4.78 is 5.52. The predicted molar refractivity (Wildman–Crippen MR) is 98.2 cm³/mol. The second-order valence-corrected chi connectivity index (χ2v) is 7.71. The molecule has 1 aliphatic rings. The number of thiazole rings is 1. The predicted octanol–water partition coefficient (Wildman–Crippen LogP) is 3.69. The first-order valence-electron chi connectivity index (χ1n) is 7.48. The fourth-order valence-electron chi connectivity index (χ4n) is 2.50. The van der Waals surface area contributed by atoms with Gasteiger partial charge in [-0.3, -0.25) is 10.1 Å². The van der Waals surface area contributed by atoms with Crippen LogP contribution in [-0.4, -0.2) is 48.6 Å². The van der Waals surface area contributed by atoms with Gasteiger partial charge in [-0.15, -0.1) is 11.3 Å². The highest BCUT2D eigenvalue weighted by Crippen LogP contribution is 2.35. The Kier molecular flexibility index (Phi) is 5.42. The Morgan fingerprint density at radius 1 is 1.46 bits per heavy atom. The van der Waals surface area contributed by atoms with Crippen LogP contribution in [0.25, 0.3) is 11.3 Å². The van der Waals surface area contributed by atoms with Crippen molar-refractivity contribution in [3.63, 3.8) is 0 Å². The van der Waals surface area contributed by atoms with Crippen molar-refractivity contribution in [2.75, 3.05) is 32.1 Å². The van der Waals surface area contributed by atoms with E-state index in [4.69, 9.17) is 27.9 Å². The molecule has 3 rings (SSSR count). The lowest BCUT2D eigenvalue weighted by atomic mass is 10.1. The molecule has 1 aromatic carbocycles. The minimum absolute atomic E-state index is 0.177. The van der Waals surface area contributed by atoms with Gasteiger partial charge in [0.25, 0.3) is 5.91 Å². The van der Waals surface area contributed by atoms with Gasteiger partial charge in [0.1, 0.15) is 6.10 Å². The van der Waals surface area contributed by atoms with Crippen LogP contribution in [0.1, 0.15) is 4.88 Å². The molecule has 2 heterocycles. The van der Waals surface area contributed by atoms with Crippen molar-refractivity contribution in [1.82, 2.24) is 9.88 Å². The molecule has 128 valence electrons. The van der Waals surface area contributed by atoms with E-state index in [1.54, 1.807) is 12.1 Å². The van der Waals surface area contributed by atoms with Crippen molar-refractivity contribution in [3.05, 3.63) is 33.1 Å². The number of anilines is 1. The van der Waals surface area contributed by atoms with Gasteiger partial charge < -0.3 is 9.64 Å². The smallest absolute Gasteiger partial charge is 0.256 e. The lowest BCUT2D eigenvalue weighted by molar-refractivity contribution is -0.132. The third-order valence-electron chi connectivity index (χ3n) is 3.77. The highest BCUT2D eigenvalue weighted by atomic mass is 35.5. The number of hydrogen-bond acceptors (Lipinski definition) is 5. The number of carbonyl (C=O) groups is 1. The number of nitrogens with zero attached hydrogens (tertiary/aromatic N) is 2. The van der Waals surface area contributed by atoms with Crippen molar-refractivity contribution in [2.45, 2.75) is 13.0 Å². The molecule has 0 saturated carbocycles. The summed E-state index contributed by atoms with van der Waals surface area (Å²) in [6.07, 6.45) is -0.476. The summed E-state index contributed by atoms with van der Waals surface area (Å²) in [5.74, 6) is -0.177. The summed E-state index contributed by atoms with van der Waals surface area (Å²) in [5.41, 5.74) is 1.54. The minimum atomic E-state index is -0.476. The van der Waals surface area contributed by atoms with Crippen LogP contribution in [0.2, 0.25) is 10.0 Å². The van der Waals surface area contributed by atoms with E-state index in [9.17, 15) is 4.79 Å². The fourth-order valence-corrected chi connectivity index (χ4v) is 3.83. The van der Waals surface area contributed by atoms with E-state index in [0.29, 0.717) is 28.3 Å². The molecule has 1 saturated heterocycles. The molecule has 1 unspecified atom stereocenters. The molecule has 24 heavy (non-hydrogen) atoms. The molecule has 1 aromatic heterocycles. The number of hydrogen-bond donors (Lipinski definition) is 1. The van der Waals surface area contributed by atoms with E-state index in [0.717, 1.165) is 22.7 Å². The van der Waals surface area contributed by atoms with Gasteiger partial charge in [0.2, 0.25) is 0 Å². The lowest BCUT2D eigenvalue weighted by Gasteiger charge is -2.28. The molecule has 1 aliphatic heterocycles. The number of likely N-dealkylation sites (N-methyl/N-ethyl adjacent to an activating group) is 1. The second kappa shape index (κ2) is 7.37. The average Bonchev–Trinajstić information content (AvgIpc) is 2.87. The topological polar surface area (TPSA) is 54.5 Å². The SMILES string of the molecule is Cc1sc(NC(=O)C2CN(C)CCO2)nc1-c1ccc(Cl)cc1Cl. The van der Waals surface area contributed by atoms with Gasteiger partial charge in [0.15, 0.2) is 5.13 Å². The third-order valence-corrected chi connectivity index (χ3v) is 5.21. The van der Waals surface area contributed by atoms with Gasteiger partial charge in [-0.25, -0.2) is 4.98 Å². The number of morpholine rings is 1. The number of ether oxygens (including phenoxy) is 1. The molecule has 1 amide bonds. The first-order valence-corrected chi connectivity index (χ1v) is 9.05. The Morgan fingerprint density at radius 2 is 2.25 bits per heavy atom. The van der Waals surface area contributed by atoms with Gasteiger partial charge in [-0.2, -0.15) is 0 Å². The lowest BCUT2D eigenvalue weighted by Crippen LogP contribution is -2.46. The second-order valence-electron chi connectivity index (χ2n) is 5.66. The first-order chi connectivity index (χ1) is 11.4. The van der Waals surface area contributed by atoms with E-state index in [-0.39, 0.29) is 5.91 Å². The Bertz CT molecular complexity index is 766. The van der Waals surface area contributed by atoms with E-state index < -0.39 is 6.10 Å². The number of amides is 1. The van der Waals surface area contributed by atoms with Crippen LogP contribution in [-0.2, 0) is 9.53 Å². The number of benzene rings is 1. The van der Waals surface area contributed by atoms with Crippen LogP contribution in [0, 0.1) is 6.92 Å². The highest BCUT2D eigenvalue weighted by molar-refractivity contribution is 7.16. The Morgan fingerprint density at radius 3 is 2.96 bits per heavy atom. The molecule has 8 heteroatoms. The molecule has 2 aromatic rings. The van der Waals surface area contributed by atoms with Crippen LogP contribution in [0.15, 0.2) is 18.2 Å². The molecule has 0 radical (unpaired) electrons. The Balaban J connectivity index is 1.77. The van der Waals surface area contributed by atoms with E-state index in [1.807, 2.05) is 20.0 Å². The quantitative estimate of drug-likeness (QED) is 0.874. The largest absolute Gasteiger partial charge is 0.366 e. The zero-order valence-corrected chi connectivity index (χ0v) is 15.6. The molecule has 1 atom stereocenters. The fraction of sp³-hybridized carbons (Fsp3) is 0.375. The van der Waals surface area contributed by atoms with Crippen LogP contribution in [0.4, 0.5) is 5.13 Å². The normalized spacial score (nSPS) is 18.6. The number of carbonyl (C=O) groups excluding carboxylic acids is 1. The van der Waals surface area contributed by atoms with Crippen LogP contribution >= 0.6 is 34.5 Å².